The maximum Gasteiger partial charge on any atom is 0.254 e. The molecule has 0 spiro atoms. The summed E-state index contributed by atoms with van der Waals surface area (Å²) < 4.78 is 13.0. The molecule has 0 unspecified atom stereocenters. The summed E-state index contributed by atoms with van der Waals surface area (Å²) in [5.41, 5.74) is 0.0989. The standard InChI is InChI=1S/C12H14ClFN2OS/c13-11-10(5-9(14)7-15-11)12(17)16-6-8-1-3-18-4-2-8/h5,7-8H,1-4,6H2,(H,16,17). The quantitative estimate of drug-likeness (QED) is 0.870. The second kappa shape index (κ2) is 6.38. The molecule has 2 heterocycles. The third-order valence-corrected chi connectivity index (χ3v) is 4.29. The van der Waals surface area contributed by atoms with E-state index in [1.54, 1.807) is 0 Å². The van der Waals surface area contributed by atoms with Gasteiger partial charge in [-0.25, -0.2) is 9.37 Å². The van der Waals surface area contributed by atoms with Crippen molar-refractivity contribution < 1.29 is 9.18 Å². The van der Waals surface area contributed by atoms with Gasteiger partial charge in [-0.3, -0.25) is 4.79 Å². The molecule has 98 valence electrons. The molecular formula is C12H14ClFN2OS. The van der Waals surface area contributed by atoms with Crippen molar-refractivity contribution in [2.24, 2.45) is 5.92 Å². The molecule has 1 amide bonds. The smallest absolute Gasteiger partial charge is 0.254 e. The Labute approximate surface area is 115 Å². The van der Waals surface area contributed by atoms with Gasteiger partial charge in [0.1, 0.15) is 11.0 Å². The summed E-state index contributed by atoms with van der Waals surface area (Å²) in [5, 5.41) is 2.83. The summed E-state index contributed by atoms with van der Waals surface area (Å²) in [5.74, 6) is 1.88. The largest absolute Gasteiger partial charge is 0.352 e. The first-order valence-corrected chi connectivity index (χ1v) is 7.37. The Morgan fingerprint density at radius 3 is 3.00 bits per heavy atom. The van der Waals surface area contributed by atoms with Gasteiger partial charge in [0.05, 0.1) is 11.8 Å². The third kappa shape index (κ3) is 3.59. The molecule has 1 N–H and O–H groups in total. The van der Waals surface area contributed by atoms with Gasteiger partial charge < -0.3 is 5.32 Å². The lowest BCUT2D eigenvalue weighted by Gasteiger charge is -2.21. The van der Waals surface area contributed by atoms with Gasteiger partial charge in [0.2, 0.25) is 0 Å². The normalized spacial score (nSPS) is 16.6. The molecule has 2 rings (SSSR count). The first-order valence-electron chi connectivity index (χ1n) is 5.84. The fraction of sp³-hybridized carbons (Fsp3) is 0.500. The van der Waals surface area contributed by atoms with Crippen molar-refractivity contribution in [3.05, 3.63) is 28.8 Å². The van der Waals surface area contributed by atoms with Gasteiger partial charge >= 0.3 is 0 Å². The Balaban J connectivity index is 1.92. The maximum absolute atomic E-state index is 13.0. The molecule has 0 atom stereocenters. The van der Waals surface area contributed by atoms with Crippen molar-refractivity contribution >= 4 is 29.3 Å². The molecule has 1 fully saturated rings. The number of hydrogen-bond donors (Lipinski definition) is 1. The van der Waals surface area contributed by atoms with E-state index in [4.69, 9.17) is 11.6 Å². The first kappa shape index (κ1) is 13.6. The molecule has 1 aliphatic rings. The van der Waals surface area contributed by atoms with Gasteiger partial charge in [0.25, 0.3) is 5.91 Å². The SMILES string of the molecule is O=C(NCC1CCSCC1)c1cc(F)cnc1Cl. The highest BCUT2D eigenvalue weighted by molar-refractivity contribution is 7.99. The van der Waals surface area contributed by atoms with Gasteiger partial charge in [-0.2, -0.15) is 11.8 Å². The summed E-state index contributed by atoms with van der Waals surface area (Å²) in [6, 6.07) is 1.11. The molecule has 0 radical (unpaired) electrons. The highest BCUT2D eigenvalue weighted by Crippen LogP contribution is 2.22. The minimum Gasteiger partial charge on any atom is -0.352 e. The Kier molecular flexibility index (Phi) is 4.83. The number of nitrogens with one attached hydrogen (secondary N) is 1. The number of carbonyl (C=O) groups is 1. The summed E-state index contributed by atoms with van der Waals surface area (Å²) in [4.78, 5) is 15.5. The molecule has 18 heavy (non-hydrogen) atoms. The van der Waals surface area contributed by atoms with Crippen molar-refractivity contribution in [2.75, 3.05) is 18.1 Å². The van der Waals surface area contributed by atoms with E-state index in [9.17, 15) is 9.18 Å². The Morgan fingerprint density at radius 2 is 2.28 bits per heavy atom. The predicted octanol–water partition coefficient (Wildman–Crippen LogP) is 2.75. The van der Waals surface area contributed by atoms with E-state index < -0.39 is 5.82 Å². The first-order chi connectivity index (χ1) is 8.66. The van der Waals surface area contributed by atoms with E-state index in [0.717, 1.165) is 36.6 Å². The Hall–Kier alpha value is -0.810. The van der Waals surface area contributed by atoms with Crippen LogP contribution in [0.1, 0.15) is 23.2 Å². The van der Waals surface area contributed by atoms with Crippen molar-refractivity contribution in [3.8, 4) is 0 Å². The van der Waals surface area contributed by atoms with Crippen LogP contribution in [0.4, 0.5) is 4.39 Å². The molecule has 1 aliphatic heterocycles. The van der Waals surface area contributed by atoms with Crippen LogP contribution in [0.25, 0.3) is 0 Å². The third-order valence-electron chi connectivity index (χ3n) is 2.94. The van der Waals surface area contributed by atoms with Crippen LogP contribution in [-0.4, -0.2) is 28.9 Å². The molecule has 1 saturated heterocycles. The zero-order valence-electron chi connectivity index (χ0n) is 9.79. The fourth-order valence-corrected chi connectivity index (χ4v) is 3.26. The van der Waals surface area contributed by atoms with Crippen LogP contribution in [-0.2, 0) is 0 Å². The molecular weight excluding hydrogens is 275 g/mol. The van der Waals surface area contributed by atoms with Crippen LogP contribution in [0.15, 0.2) is 12.3 Å². The molecule has 3 nitrogen and oxygen atoms in total. The molecule has 6 heteroatoms. The summed E-state index contributed by atoms with van der Waals surface area (Å²) in [6.45, 7) is 0.617. The molecule has 0 saturated carbocycles. The monoisotopic (exact) mass is 288 g/mol. The number of aromatic nitrogens is 1. The van der Waals surface area contributed by atoms with Crippen LogP contribution in [0, 0.1) is 11.7 Å². The average molecular weight is 289 g/mol. The average Bonchev–Trinajstić information content (AvgIpc) is 2.40. The van der Waals surface area contributed by atoms with Gasteiger partial charge in [-0.05, 0) is 36.3 Å². The van der Waals surface area contributed by atoms with Crippen molar-refractivity contribution in [3.63, 3.8) is 0 Å². The molecule has 0 bridgehead atoms. The number of nitrogens with zero attached hydrogens (tertiary/aromatic N) is 1. The van der Waals surface area contributed by atoms with Crippen LogP contribution in [0.5, 0.6) is 0 Å². The van der Waals surface area contributed by atoms with E-state index in [1.165, 1.54) is 0 Å². The van der Waals surface area contributed by atoms with Crippen LogP contribution < -0.4 is 5.32 Å². The number of halogens is 2. The molecule has 0 aromatic carbocycles. The number of thioether (sulfide) groups is 1. The fourth-order valence-electron chi connectivity index (χ4n) is 1.86. The zero-order valence-corrected chi connectivity index (χ0v) is 11.4. The number of pyridine rings is 1. The van der Waals surface area contributed by atoms with Crippen LogP contribution >= 0.6 is 23.4 Å². The van der Waals surface area contributed by atoms with Crippen molar-refractivity contribution in [2.45, 2.75) is 12.8 Å². The summed E-state index contributed by atoms with van der Waals surface area (Å²) in [7, 11) is 0. The highest BCUT2D eigenvalue weighted by Gasteiger charge is 2.17. The number of hydrogen-bond acceptors (Lipinski definition) is 3. The zero-order chi connectivity index (χ0) is 13.0. The maximum atomic E-state index is 13.0. The molecule has 1 aromatic heterocycles. The Morgan fingerprint density at radius 1 is 1.56 bits per heavy atom. The topological polar surface area (TPSA) is 42.0 Å². The van der Waals surface area contributed by atoms with Crippen LogP contribution in [0.3, 0.4) is 0 Å². The predicted molar refractivity (Wildman–Crippen MR) is 71.6 cm³/mol. The van der Waals surface area contributed by atoms with Gasteiger partial charge in [-0.1, -0.05) is 11.6 Å². The van der Waals surface area contributed by atoms with Gasteiger partial charge in [0.15, 0.2) is 0 Å². The van der Waals surface area contributed by atoms with E-state index in [1.807, 2.05) is 11.8 Å². The minimum absolute atomic E-state index is 0.0353. The van der Waals surface area contributed by atoms with Gasteiger partial charge in [-0.15, -0.1) is 0 Å². The van der Waals surface area contributed by atoms with Crippen molar-refractivity contribution in [1.29, 1.82) is 0 Å². The lowest BCUT2D eigenvalue weighted by atomic mass is 10.0. The van der Waals surface area contributed by atoms with E-state index in [-0.39, 0.29) is 16.6 Å². The second-order valence-electron chi connectivity index (χ2n) is 4.26. The number of carbonyl (C=O) groups excluding carboxylic acids is 1. The number of rotatable bonds is 3. The number of amides is 1. The van der Waals surface area contributed by atoms with Crippen LogP contribution in [0.2, 0.25) is 5.15 Å². The summed E-state index contributed by atoms with van der Waals surface area (Å²) in [6.07, 6.45) is 3.22. The van der Waals surface area contributed by atoms with Crippen molar-refractivity contribution in [1.82, 2.24) is 10.3 Å². The van der Waals surface area contributed by atoms with E-state index in [2.05, 4.69) is 10.3 Å². The van der Waals surface area contributed by atoms with Gasteiger partial charge in [0, 0.05) is 6.54 Å². The summed E-state index contributed by atoms with van der Waals surface area (Å²) >= 11 is 7.71. The minimum atomic E-state index is -0.557. The lowest BCUT2D eigenvalue weighted by molar-refractivity contribution is 0.0945. The highest BCUT2D eigenvalue weighted by atomic mass is 35.5. The second-order valence-corrected chi connectivity index (χ2v) is 5.84. The lowest BCUT2D eigenvalue weighted by Crippen LogP contribution is -2.31. The van der Waals surface area contributed by atoms with E-state index in [0.29, 0.717) is 12.5 Å². The van der Waals surface area contributed by atoms with E-state index >= 15 is 0 Å². The molecule has 0 aliphatic carbocycles. The Bertz CT molecular complexity index is 438. The molecule has 1 aromatic rings.